The lowest BCUT2D eigenvalue weighted by Crippen LogP contribution is -2.60. The molecule has 0 amide bonds. The van der Waals surface area contributed by atoms with Crippen LogP contribution in [-0.2, 0) is 5.60 Å². The minimum absolute atomic E-state index is 0.567. The Hall–Kier alpha value is -1.38. The van der Waals surface area contributed by atoms with Crippen LogP contribution in [0.5, 0.6) is 0 Å². The van der Waals surface area contributed by atoms with E-state index >= 15 is 0 Å². The molecular weight excluding hydrogens is 324 g/mol. The van der Waals surface area contributed by atoms with Crippen LogP contribution in [0.1, 0.15) is 18.4 Å². The highest BCUT2D eigenvalue weighted by Gasteiger charge is 2.83. The first-order chi connectivity index (χ1) is 9.77. The third-order valence-corrected chi connectivity index (χ3v) is 3.65. The lowest BCUT2D eigenvalue weighted by Gasteiger charge is -2.33. The van der Waals surface area contributed by atoms with Gasteiger partial charge in [0.25, 0.3) is 0 Å². The normalized spacial score (nSPS) is 27.9. The van der Waals surface area contributed by atoms with Crippen molar-refractivity contribution in [3.05, 3.63) is 35.9 Å². The van der Waals surface area contributed by atoms with Crippen molar-refractivity contribution in [1.82, 2.24) is 0 Å². The Balaban J connectivity index is 2.64. The second-order valence-electron chi connectivity index (χ2n) is 5.31. The maximum absolute atomic E-state index is 13.5. The number of hydrogen-bond acceptors (Lipinski definition) is 1. The molecule has 0 unspecified atom stereocenters. The minimum Gasteiger partial charge on any atom is -0.385 e. The van der Waals surface area contributed by atoms with Crippen LogP contribution in [-0.4, -0.2) is 28.8 Å². The van der Waals surface area contributed by atoms with Gasteiger partial charge in [-0.05, 0) is 5.56 Å². The molecule has 1 aromatic rings. The molecule has 0 spiro atoms. The highest BCUT2D eigenvalue weighted by molar-refractivity contribution is 5.26. The third kappa shape index (κ3) is 2.17. The molecule has 0 bridgehead atoms. The lowest BCUT2D eigenvalue weighted by molar-refractivity contribution is -0.357. The molecule has 1 aliphatic carbocycles. The van der Waals surface area contributed by atoms with E-state index in [-0.39, 0.29) is 0 Å². The Morgan fingerprint density at radius 2 is 1.05 bits per heavy atom. The number of rotatable bonds is 1. The van der Waals surface area contributed by atoms with Crippen molar-refractivity contribution in [3.63, 3.8) is 0 Å². The van der Waals surface area contributed by atoms with Gasteiger partial charge >= 0.3 is 23.7 Å². The van der Waals surface area contributed by atoms with Crippen molar-refractivity contribution in [1.29, 1.82) is 0 Å². The summed E-state index contributed by atoms with van der Waals surface area (Å²) in [6.07, 6.45) is -4.50. The van der Waals surface area contributed by atoms with Crippen LogP contribution in [0.2, 0.25) is 0 Å². The predicted octanol–water partition coefficient (Wildman–Crippen LogP) is 4.21. The molecule has 0 saturated heterocycles. The van der Waals surface area contributed by atoms with E-state index in [1.54, 1.807) is 0 Å². The molecule has 22 heavy (non-hydrogen) atoms. The monoisotopic (exact) mass is 334 g/mol. The highest BCUT2D eigenvalue weighted by Crippen LogP contribution is 2.61. The van der Waals surface area contributed by atoms with E-state index in [4.69, 9.17) is 0 Å². The van der Waals surface area contributed by atoms with Gasteiger partial charge in [0.15, 0.2) is 0 Å². The quantitative estimate of drug-likeness (QED) is 0.603. The molecule has 1 saturated carbocycles. The fourth-order valence-corrected chi connectivity index (χ4v) is 2.43. The van der Waals surface area contributed by atoms with Gasteiger partial charge in [0.05, 0.1) is 12.8 Å². The lowest BCUT2D eigenvalue weighted by atomic mass is 9.84. The van der Waals surface area contributed by atoms with E-state index in [0.717, 1.165) is 12.1 Å². The second kappa shape index (κ2) is 4.56. The van der Waals surface area contributed by atoms with Crippen molar-refractivity contribution in [2.75, 3.05) is 0 Å². The first-order valence-electron chi connectivity index (χ1n) is 6.06. The van der Waals surface area contributed by atoms with Crippen LogP contribution in [0.3, 0.4) is 0 Å². The number of halogens is 8. The fraction of sp³-hybridized carbons (Fsp3) is 0.538. The summed E-state index contributed by atoms with van der Waals surface area (Å²) >= 11 is 0. The molecule has 1 aromatic carbocycles. The Kier molecular flexibility index (Phi) is 3.52. The summed E-state index contributed by atoms with van der Waals surface area (Å²) in [5.74, 6) is -23.7. The topological polar surface area (TPSA) is 20.2 Å². The fourth-order valence-electron chi connectivity index (χ4n) is 2.43. The summed E-state index contributed by atoms with van der Waals surface area (Å²) in [5.41, 5.74) is -3.79. The zero-order valence-corrected chi connectivity index (χ0v) is 10.8. The average molecular weight is 334 g/mol. The van der Waals surface area contributed by atoms with E-state index < -0.39 is 47.7 Å². The van der Waals surface area contributed by atoms with E-state index in [0.29, 0.717) is 0 Å². The summed E-state index contributed by atoms with van der Waals surface area (Å²) in [6.45, 7) is 0. The maximum atomic E-state index is 13.5. The Labute approximate surface area is 119 Å². The van der Waals surface area contributed by atoms with E-state index in [9.17, 15) is 40.2 Å². The molecule has 0 heterocycles. The molecular formula is C13H10F8O. The zero-order valence-electron chi connectivity index (χ0n) is 10.8. The Morgan fingerprint density at radius 1 is 0.682 bits per heavy atom. The number of alkyl halides is 8. The Morgan fingerprint density at radius 3 is 1.41 bits per heavy atom. The van der Waals surface area contributed by atoms with Gasteiger partial charge in [0.2, 0.25) is 0 Å². The zero-order chi connectivity index (χ0) is 17.0. The summed E-state index contributed by atoms with van der Waals surface area (Å²) in [4.78, 5) is 0. The summed E-state index contributed by atoms with van der Waals surface area (Å²) in [6, 6.07) is 5.54. The minimum atomic E-state index is -6.30. The predicted molar refractivity (Wildman–Crippen MR) is 59.4 cm³/mol. The first kappa shape index (κ1) is 17.0. The largest absolute Gasteiger partial charge is 0.385 e. The molecule has 0 radical (unpaired) electrons. The number of aliphatic hydroxyl groups is 1. The molecule has 1 fully saturated rings. The molecule has 0 atom stereocenters. The van der Waals surface area contributed by atoms with Crippen LogP contribution in [0.4, 0.5) is 35.1 Å². The van der Waals surface area contributed by atoms with Crippen LogP contribution in [0, 0.1) is 0 Å². The van der Waals surface area contributed by atoms with Crippen molar-refractivity contribution >= 4 is 0 Å². The van der Waals surface area contributed by atoms with Crippen molar-refractivity contribution in [2.24, 2.45) is 0 Å². The molecule has 1 nitrogen and oxygen atoms in total. The molecule has 1 aliphatic rings. The average Bonchev–Trinajstić information content (AvgIpc) is 2.39. The highest BCUT2D eigenvalue weighted by atomic mass is 19.4. The van der Waals surface area contributed by atoms with Crippen molar-refractivity contribution in [3.8, 4) is 0 Å². The first-order valence-corrected chi connectivity index (χ1v) is 6.06. The van der Waals surface area contributed by atoms with Gasteiger partial charge in [-0.15, -0.1) is 0 Å². The number of hydrogen-bond donors (Lipinski definition) is 1. The summed E-state index contributed by atoms with van der Waals surface area (Å²) in [5, 5.41) is 10.0. The van der Waals surface area contributed by atoms with Crippen molar-refractivity contribution in [2.45, 2.75) is 42.1 Å². The molecule has 0 aliphatic heterocycles. The Bertz CT molecular complexity index is 526. The van der Waals surface area contributed by atoms with Crippen molar-refractivity contribution < 1.29 is 40.2 Å². The van der Waals surface area contributed by atoms with Crippen LogP contribution in [0.25, 0.3) is 0 Å². The molecule has 124 valence electrons. The second-order valence-corrected chi connectivity index (χ2v) is 5.31. The van der Waals surface area contributed by atoms with E-state index in [2.05, 4.69) is 0 Å². The number of benzene rings is 1. The van der Waals surface area contributed by atoms with Gasteiger partial charge in [0.1, 0.15) is 5.60 Å². The van der Waals surface area contributed by atoms with Crippen LogP contribution < -0.4 is 0 Å². The SMILES string of the molecule is OC1(c2ccccc2)CC(F)(F)C(F)(F)C(F)(F)C(F)(F)C1. The smallest absolute Gasteiger partial charge is 0.378 e. The van der Waals surface area contributed by atoms with Gasteiger partial charge in [-0.3, -0.25) is 0 Å². The third-order valence-electron chi connectivity index (χ3n) is 3.65. The van der Waals surface area contributed by atoms with Gasteiger partial charge < -0.3 is 5.11 Å². The van der Waals surface area contributed by atoms with Gasteiger partial charge in [-0.2, -0.15) is 35.1 Å². The van der Waals surface area contributed by atoms with Crippen LogP contribution in [0.15, 0.2) is 30.3 Å². The van der Waals surface area contributed by atoms with Gasteiger partial charge in [-0.1, -0.05) is 30.3 Å². The van der Waals surface area contributed by atoms with E-state index in [1.807, 2.05) is 0 Å². The molecule has 2 rings (SSSR count). The standard InChI is InChI=1S/C13H10F8O/c14-10(15)6-9(22,8-4-2-1-3-5-8)7-11(16,17)13(20,21)12(10,18)19/h1-5,22H,6-7H2. The maximum Gasteiger partial charge on any atom is 0.378 e. The molecule has 1 N–H and O–H groups in total. The van der Waals surface area contributed by atoms with Crippen LogP contribution >= 0.6 is 0 Å². The van der Waals surface area contributed by atoms with Gasteiger partial charge in [0, 0.05) is 0 Å². The summed E-state index contributed by atoms with van der Waals surface area (Å²) < 4.78 is 107. The van der Waals surface area contributed by atoms with E-state index in [1.165, 1.54) is 18.2 Å². The molecule has 0 aromatic heterocycles. The van der Waals surface area contributed by atoms with Gasteiger partial charge in [-0.25, -0.2) is 0 Å². The molecule has 9 heteroatoms. The summed E-state index contributed by atoms with van der Waals surface area (Å²) in [7, 11) is 0.